The van der Waals surface area contributed by atoms with Gasteiger partial charge in [-0.25, -0.2) is 0 Å². The second-order valence-electron chi connectivity index (χ2n) is 27.9. The Labute approximate surface area is 439 Å². The molecule has 0 N–H and O–H groups in total. The highest BCUT2D eigenvalue weighted by Crippen LogP contribution is 2.70. The number of ether oxygens (including phenoxy) is 3. The van der Waals surface area contributed by atoms with Crippen LogP contribution < -0.4 is 0 Å². The fourth-order valence-corrected chi connectivity index (χ4v) is 22.3. The molecule has 0 aromatic rings. The fraction of sp³-hybridized carbons (Fsp3) is 0.746. The predicted molar refractivity (Wildman–Crippen MR) is 288 cm³/mol. The Kier molecular flexibility index (Phi) is 12.5. The molecule has 6 nitrogen and oxygen atoms in total. The smallest absolute Gasteiger partial charge is 0.155 e. The van der Waals surface area contributed by atoms with E-state index in [2.05, 4.69) is 83.2 Å². The Hall–Kier alpha value is -2.93. The summed E-state index contributed by atoms with van der Waals surface area (Å²) >= 11 is 0. The summed E-state index contributed by atoms with van der Waals surface area (Å²) in [4.78, 5) is 35.7. The second kappa shape index (κ2) is 18.3. The molecule has 8 saturated carbocycles. The number of carbonyl (C=O) groups is 3. The van der Waals surface area contributed by atoms with Crippen molar-refractivity contribution < 1.29 is 28.6 Å². The van der Waals surface area contributed by atoms with Gasteiger partial charge in [0, 0.05) is 35.5 Å². The standard InChI is InChI=1S/2C23H32O2.C21H26O2/c2*1-3-15-13-16-14-17(24)5-6-18(16)19-7-10-22(2)20(21(15)19)8-11-23(22)9-4-12-25-23;1-20-10-7-17-16-6-4-15(22)13-14(16)3-5-18(17)19(20)8-11-21(20)9-2-12-23-21/h2*4,9,14-15,18-21H,3,5-8,10-13H2,1-2H3;2-3,5,9,13,16-19H,4,6-8,10-12H2,1H3/t15?,18-,19?,20?,21?,22-,23-;15-,18-,19?,20?,21?,22-,23-;16-,17?,18?,19?,20-,21-/m000/s1. The van der Waals surface area contributed by atoms with Gasteiger partial charge in [-0.05, 0) is 216 Å². The van der Waals surface area contributed by atoms with Crippen LogP contribution in [-0.2, 0) is 28.6 Å². The number of rotatable bonds is 2. The molecule has 8 fully saturated rings. The summed E-state index contributed by atoms with van der Waals surface area (Å²) in [6.07, 6.45) is 50.6. The van der Waals surface area contributed by atoms with Gasteiger partial charge in [0.05, 0.1) is 36.6 Å². The van der Waals surface area contributed by atoms with E-state index in [1.54, 1.807) is 0 Å². The Bertz CT molecular complexity index is 2360. The summed E-state index contributed by atoms with van der Waals surface area (Å²) in [5, 5.41) is 0. The van der Waals surface area contributed by atoms with Crippen LogP contribution in [0, 0.1) is 99.1 Å². The zero-order valence-corrected chi connectivity index (χ0v) is 45.6. The first-order chi connectivity index (χ1) is 35.3. The first-order valence-corrected chi connectivity index (χ1v) is 30.6. The summed E-state index contributed by atoms with van der Waals surface area (Å²) in [6.45, 7) is 14.7. The Morgan fingerprint density at radius 3 is 1.33 bits per heavy atom. The molecule has 10 unspecified atom stereocenters. The monoisotopic (exact) mass is 991 g/mol. The number of hydrogen-bond acceptors (Lipinski definition) is 6. The molecular weight excluding hydrogens is 901 g/mol. The molecule has 15 rings (SSSR count). The lowest BCUT2D eigenvalue weighted by molar-refractivity contribution is -0.125. The van der Waals surface area contributed by atoms with E-state index in [0.29, 0.717) is 51.9 Å². The topological polar surface area (TPSA) is 78.9 Å². The lowest BCUT2D eigenvalue weighted by Crippen LogP contribution is -2.54. The van der Waals surface area contributed by atoms with Gasteiger partial charge in [-0.2, -0.15) is 0 Å². The maximum Gasteiger partial charge on any atom is 0.155 e. The summed E-state index contributed by atoms with van der Waals surface area (Å²) < 4.78 is 19.0. The molecular formula is C67H90O6. The highest BCUT2D eigenvalue weighted by Gasteiger charge is 2.67. The van der Waals surface area contributed by atoms with Gasteiger partial charge in [-0.1, -0.05) is 107 Å². The van der Waals surface area contributed by atoms with E-state index in [9.17, 15) is 14.4 Å². The SMILES string of the molecule is CCC1CC2=CC(=O)CC[C@@H]2C2CC[C@@]3(C)C(CC[C@@]34C=CCO4)C12.CC[C@H]1CC2=CC(=O)CC[C@@H]2C2CC[C@@]3(C)C(CC[C@@]34C=CCO4)C21.C[C@]12CCC3C(C=CC4=CC(=O)CC[C@@H]43)C1CC[C@@]21C=CCO1. The van der Waals surface area contributed by atoms with Gasteiger partial charge >= 0.3 is 0 Å². The first kappa shape index (κ1) is 49.6. The van der Waals surface area contributed by atoms with Crippen LogP contribution >= 0.6 is 0 Å². The minimum absolute atomic E-state index is 0.00905. The van der Waals surface area contributed by atoms with E-state index in [1.165, 1.54) is 119 Å². The lowest BCUT2D eigenvalue weighted by Gasteiger charge is -2.58. The summed E-state index contributed by atoms with van der Waals surface area (Å²) in [5.41, 5.74) is 5.33. The highest BCUT2D eigenvalue weighted by molar-refractivity contribution is 5.92. The third-order valence-corrected chi connectivity index (χ3v) is 25.9. The molecule has 6 heteroatoms. The molecule has 0 radical (unpaired) electrons. The molecule has 0 amide bonds. The molecule has 0 aromatic carbocycles. The van der Waals surface area contributed by atoms with Crippen LogP contribution in [0.1, 0.15) is 176 Å². The van der Waals surface area contributed by atoms with Crippen molar-refractivity contribution in [1.29, 1.82) is 0 Å². The molecule has 3 heterocycles. The molecule has 20 atom stereocenters. The largest absolute Gasteiger partial charge is 0.366 e. The molecule has 12 aliphatic carbocycles. The van der Waals surface area contributed by atoms with Gasteiger partial charge in [-0.3, -0.25) is 14.4 Å². The number of carbonyl (C=O) groups excluding carboxylic acids is 3. The van der Waals surface area contributed by atoms with Crippen LogP contribution in [0.4, 0.5) is 0 Å². The third-order valence-electron chi connectivity index (χ3n) is 25.9. The zero-order valence-electron chi connectivity index (χ0n) is 45.6. The fourth-order valence-electron chi connectivity index (χ4n) is 22.3. The third kappa shape index (κ3) is 7.39. The Morgan fingerprint density at radius 1 is 0.479 bits per heavy atom. The van der Waals surface area contributed by atoms with Crippen molar-refractivity contribution in [3.63, 3.8) is 0 Å². The van der Waals surface area contributed by atoms with Gasteiger partial charge in [0.2, 0.25) is 0 Å². The number of ketones is 3. The maximum atomic E-state index is 12.0. The minimum Gasteiger partial charge on any atom is -0.366 e. The minimum atomic E-state index is 0.00905. The normalized spacial score (nSPS) is 51.0. The van der Waals surface area contributed by atoms with Crippen LogP contribution in [0.2, 0.25) is 0 Å². The van der Waals surface area contributed by atoms with E-state index in [0.717, 1.165) is 118 Å². The second-order valence-corrected chi connectivity index (χ2v) is 27.9. The van der Waals surface area contributed by atoms with Crippen molar-refractivity contribution in [1.82, 2.24) is 0 Å². The van der Waals surface area contributed by atoms with Crippen LogP contribution in [-0.4, -0.2) is 54.0 Å². The van der Waals surface area contributed by atoms with Crippen molar-refractivity contribution in [3.8, 4) is 0 Å². The summed E-state index contributed by atoms with van der Waals surface area (Å²) in [6, 6.07) is 0. The van der Waals surface area contributed by atoms with Gasteiger partial charge in [0.25, 0.3) is 0 Å². The van der Waals surface area contributed by atoms with E-state index in [1.807, 2.05) is 18.2 Å². The Morgan fingerprint density at radius 2 is 0.890 bits per heavy atom. The molecule has 73 heavy (non-hydrogen) atoms. The summed E-state index contributed by atoms with van der Waals surface area (Å²) in [5.74, 6) is 11.7. The molecule has 0 bridgehead atoms. The van der Waals surface area contributed by atoms with Crippen molar-refractivity contribution in [2.45, 2.75) is 193 Å². The van der Waals surface area contributed by atoms with E-state index in [4.69, 9.17) is 14.2 Å². The first-order valence-electron chi connectivity index (χ1n) is 30.6. The number of hydrogen-bond donors (Lipinski definition) is 0. The summed E-state index contributed by atoms with van der Waals surface area (Å²) in [7, 11) is 0. The molecule has 3 spiro atoms. The van der Waals surface area contributed by atoms with Crippen LogP contribution in [0.5, 0.6) is 0 Å². The molecule has 15 aliphatic rings. The molecule has 0 saturated heterocycles. The Balaban J connectivity index is 0.000000106. The molecule has 0 aromatic heterocycles. The number of fused-ring (bicyclic) bond motifs is 18. The highest BCUT2D eigenvalue weighted by atomic mass is 16.5. The van der Waals surface area contributed by atoms with Crippen LogP contribution in [0.15, 0.2) is 83.6 Å². The van der Waals surface area contributed by atoms with Crippen molar-refractivity contribution in [2.75, 3.05) is 19.8 Å². The van der Waals surface area contributed by atoms with Gasteiger partial charge in [0.1, 0.15) is 0 Å². The van der Waals surface area contributed by atoms with Crippen molar-refractivity contribution >= 4 is 17.3 Å². The van der Waals surface area contributed by atoms with E-state index >= 15 is 0 Å². The van der Waals surface area contributed by atoms with Crippen molar-refractivity contribution in [3.05, 3.63) is 83.6 Å². The molecule has 394 valence electrons. The van der Waals surface area contributed by atoms with Gasteiger partial charge in [0.15, 0.2) is 17.3 Å². The van der Waals surface area contributed by atoms with Gasteiger partial charge < -0.3 is 14.2 Å². The maximum absolute atomic E-state index is 12.0. The molecule has 3 aliphatic heterocycles. The zero-order chi connectivity index (χ0) is 50.1. The van der Waals surface area contributed by atoms with Crippen LogP contribution in [0.3, 0.4) is 0 Å². The lowest BCUT2D eigenvalue weighted by atomic mass is 9.48. The number of allylic oxidation sites excluding steroid dienone is 6. The average Bonchev–Trinajstić information content (AvgIpc) is 4.28. The van der Waals surface area contributed by atoms with Crippen molar-refractivity contribution in [2.24, 2.45) is 99.1 Å². The van der Waals surface area contributed by atoms with Gasteiger partial charge in [-0.15, -0.1) is 0 Å². The predicted octanol–water partition coefficient (Wildman–Crippen LogP) is 14.4. The van der Waals surface area contributed by atoms with E-state index < -0.39 is 0 Å². The van der Waals surface area contributed by atoms with Crippen LogP contribution in [0.25, 0.3) is 0 Å². The average molecular weight is 991 g/mol. The van der Waals surface area contributed by atoms with E-state index in [-0.39, 0.29) is 22.2 Å². The quantitative estimate of drug-likeness (QED) is 0.257.